The van der Waals surface area contributed by atoms with Gasteiger partial charge >= 0.3 is 12.1 Å². The minimum atomic E-state index is -4.85. The first-order chi connectivity index (χ1) is 10.8. The molecule has 2 heterocycles. The summed E-state index contributed by atoms with van der Waals surface area (Å²) in [4.78, 5) is 29.2. The molecule has 128 valence electrons. The quantitative estimate of drug-likeness (QED) is 0.903. The molecule has 1 fully saturated rings. The van der Waals surface area contributed by atoms with Gasteiger partial charge in [0.15, 0.2) is 0 Å². The number of carbonyl (C=O) groups is 2. The third-order valence-corrected chi connectivity index (χ3v) is 4.89. The second kappa shape index (κ2) is 7.29. The van der Waals surface area contributed by atoms with E-state index < -0.39 is 12.1 Å². The van der Waals surface area contributed by atoms with Crippen LogP contribution in [0, 0.1) is 12.8 Å². The van der Waals surface area contributed by atoms with Crippen LogP contribution >= 0.6 is 11.3 Å². The smallest absolute Gasteiger partial charge is 0.355 e. The van der Waals surface area contributed by atoms with Gasteiger partial charge in [-0.25, -0.2) is 4.98 Å². The molecule has 0 saturated carbocycles. The molecule has 9 heteroatoms. The van der Waals surface area contributed by atoms with Gasteiger partial charge in [-0.1, -0.05) is 0 Å². The zero-order valence-electron chi connectivity index (χ0n) is 12.7. The molecule has 5 nitrogen and oxygen atoms in total. The normalized spacial score (nSPS) is 16.4. The fourth-order valence-electron chi connectivity index (χ4n) is 2.53. The lowest BCUT2D eigenvalue weighted by Crippen LogP contribution is -2.47. The van der Waals surface area contributed by atoms with Crippen LogP contribution in [0.1, 0.15) is 23.4 Å². The molecule has 0 aliphatic carbocycles. The summed E-state index contributed by atoms with van der Waals surface area (Å²) in [5.41, 5.74) is 2.70. The zero-order chi connectivity index (χ0) is 17.0. The molecule has 0 radical (unpaired) electrons. The number of alkyl halides is 3. The molecule has 1 saturated heterocycles. The van der Waals surface area contributed by atoms with Gasteiger partial charge in [0, 0.05) is 36.9 Å². The number of thiazole rings is 1. The summed E-state index contributed by atoms with van der Waals surface area (Å²) >= 11 is 1.53. The molecule has 0 bridgehead atoms. The monoisotopic (exact) mass is 349 g/mol. The lowest BCUT2D eigenvalue weighted by atomic mass is 9.96. The zero-order valence-corrected chi connectivity index (χ0v) is 13.5. The summed E-state index contributed by atoms with van der Waals surface area (Å²) in [6.07, 6.45) is -3.64. The van der Waals surface area contributed by atoms with E-state index in [2.05, 4.69) is 10.3 Å². The summed E-state index contributed by atoms with van der Waals surface area (Å²) in [6, 6.07) is 0. The van der Waals surface area contributed by atoms with E-state index in [4.69, 9.17) is 0 Å². The van der Waals surface area contributed by atoms with E-state index in [1.165, 1.54) is 11.3 Å². The number of hydrogen-bond acceptors (Lipinski definition) is 4. The number of likely N-dealkylation sites (tertiary alicyclic amines) is 1. The third-order valence-electron chi connectivity index (χ3n) is 3.89. The van der Waals surface area contributed by atoms with Crippen LogP contribution in [0.25, 0.3) is 0 Å². The highest BCUT2D eigenvalue weighted by atomic mass is 32.1. The molecule has 2 rings (SSSR count). The number of piperidine rings is 1. The number of aryl methyl sites for hydroxylation is 1. The van der Waals surface area contributed by atoms with E-state index in [9.17, 15) is 22.8 Å². The van der Waals surface area contributed by atoms with Crippen LogP contribution in [0.4, 0.5) is 13.2 Å². The van der Waals surface area contributed by atoms with E-state index in [0.29, 0.717) is 13.0 Å². The number of nitrogens with zero attached hydrogens (tertiary/aromatic N) is 2. The first-order valence-electron chi connectivity index (χ1n) is 7.32. The highest BCUT2D eigenvalue weighted by Gasteiger charge is 2.43. The summed E-state index contributed by atoms with van der Waals surface area (Å²) in [5.74, 6) is -2.32. The Hall–Kier alpha value is -1.64. The first-order valence-corrected chi connectivity index (χ1v) is 8.19. The molecule has 1 aliphatic rings. The van der Waals surface area contributed by atoms with Crippen molar-refractivity contribution in [1.82, 2.24) is 15.2 Å². The Balaban J connectivity index is 1.73. The van der Waals surface area contributed by atoms with Crippen molar-refractivity contribution in [2.45, 2.75) is 32.4 Å². The van der Waals surface area contributed by atoms with Crippen LogP contribution in [-0.2, 0) is 16.0 Å². The fraction of sp³-hybridized carbons (Fsp3) is 0.643. The van der Waals surface area contributed by atoms with Gasteiger partial charge in [-0.3, -0.25) is 9.59 Å². The maximum Gasteiger partial charge on any atom is 0.471 e. The van der Waals surface area contributed by atoms with Crippen molar-refractivity contribution in [1.29, 1.82) is 0 Å². The van der Waals surface area contributed by atoms with Crippen LogP contribution in [0.5, 0.6) is 0 Å². The van der Waals surface area contributed by atoms with Crippen molar-refractivity contribution < 1.29 is 22.8 Å². The summed E-state index contributed by atoms with van der Waals surface area (Å²) < 4.78 is 37.0. The van der Waals surface area contributed by atoms with Gasteiger partial charge in [0.1, 0.15) is 0 Å². The molecule has 1 N–H and O–H groups in total. The minimum Gasteiger partial charge on any atom is -0.355 e. The summed E-state index contributed by atoms with van der Waals surface area (Å²) in [5, 5.41) is 2.81. The summed E-state index contributed by atoms with van der Waals surface area (Å²) in [7, 11) is 0. The third kappa shape index (κ3) is 4.66. The topological polar surface area (TPSA) is 62.3 Å². The Labute approximate surface area is 135 Å². The number of nitrogens with one attached hydrogen (secondary N) is 1. The summed E-state index contributed by atoms with van der Waals surface area (Å²) in [6.45, 7) is 2.30. The van der Waals surface area contributed by atoms with E-state index >= 15 is 0 Å². The van der Waals surface area contributed by atoms with Crippen molar-refractivity contribution in [3.05, 3.63) is 16.1 Å². The van der Waals surface area contributed by atoms with Gasteiger partial charge in [-0.15, -0.1) is 11.3 Å². The average molecular weight is 349 g/mol. The predicted octanol–water partition coefficient (Wildman–Crippen LogP) is 1.91. The van der Waals surface area contributed by atoms with Crippen LogP contribution in [0.3, 0.4) is 0 Å². The first kappa shape index (κ1) is 17.7. The highest BCUT2D eigenvalue weighted by molar-refractivity contribution is 7.09. The maximum atomic E-state index is 12.3. The molecule has 0 atom stereocenters. The predicted molar refractivity (Wildman–Crippen MR) is 78.9 cm³/mol. The van der Waals surface area contributed by atoms with Crippen LogP contribution in [-0.4, -0.2) is 47.5 Å². The van der Waals surface area contributed by atoms with Crippen LogP contribution in [0.2, 0.25) is 0 Å². The second-order valence-electron chi connectivity index (χ2n) is 5.47. The number of aromatic nitrogens is 1. The minimum absolute atomic E-state index is 0.0373. The number of carbonyl (C=O) groups excluding carboxylic acids is 2. The number of hydrogen-bond donors (Lipinski definition) is 1. The van der Waals surface area contributed by atoms with Gasteiger partial charge in [0.2, 0.25) is 5.91 Å². The van der Waals surface area contributed by atoms with Crippen LogP contribution in [0.15, 0.2) is 5.51 Å². The van der Waals surface area contributed by atoms with Gasteiger partial charge in [-0.05, 0) is 19.8 Å². The van der Waals surface area contributed by atoms with Crippen molar-refractivity contribution in [3.8, 4) is 0 Å². The van der Waals surface area contributed by atoms with Crippen molar-refractivity contribution in [3.63, 3.8) is 0 Å². The Morgan fingerprint density at radius 2 is 2.04 bits per heavy atom. The van der Waals surface area contributed by atoms with E-state index in [0.717, 1.165) is 15.5 Å². The van der Waals surface area contributed by atoms with Crippen molar-refractivity contribution in [2.24, 2.45) is 5.92 Å². The van der Waals surface area contributed by atoms with Gasteiger partial charge in [0.25, 0.3) is 0 Å². The van der Waals surface area contributed by atoms with E-state index in [1.807, 2.05) is 6.92 Å². The molecular formula is C14H18F3N3O2S. The molecule has 2 amide bonds. The maximum absolute atomic E-state index is 12.3. The van der Waals surface area contributed by atoms with Gasteiger partial charge in [-0.2, -0.15) is 13.2 Å². The SMILES string of the molecule is Cc1ncsc1CCNC(=O)C1CCN(C(=O)C(F)(F)F)CC1. The molecule has 23 heavy (non-hydrogen) atoms. The molecule has 1 aromatic rings. The van der Waals surface area contributed by atoms with E-state index in [1.54, 1.807) is 5.51 Å². The van der Waals surface area contributed by atoms with Crippen molar-refractivity contribution >= 4 is 23.2 Å². The lowest BCUT2D eigenvalue weighted by molar-refractivity contribution is -0.186. The Bertz CT molecular complexity index is 566. The number of amides is 2. The Morgan fingerprint density at radius 3 is 2.57 bits per heavy atom. The Morgan fingerprint density at radius 1 is 1.39 bits per heavy atom. The molecule has 1 aliphatic heterocycles. The molecular weight excluding hydrogens is 331 g/mol. The van der Waals surface area contributed by atoms with E-state index in [-0.39, 0.29) is 37.8 Å². The number of rotatable bonds is 4. The van der Waals surface area contributed by atoms with Crippen molar-refractivity contribution in [2.75, 3.05) is 19.6 Å². The second-order valence-corrected chi connectivity index (χ2v) is 6.41. The largest absolute Gasteiger partial charge is 0.471 e. The highest BCUT2D eigenvalue weighted by Crippen LogP contribution is 2.24. The standard InChI is InChI=1S/C14H18F3N3O2S/c1-9-11(23-8-19-9)2-5-18-12(21)10-3-6-20(7-4-10)13(22)14(15,16)17/h8,10H,2-7H2,1H3,(H,18,21). The lowest BCUT2D eigenvalue weighted by Gasteiger charge is -2.31. The molecule has 0 aromatic carbocycles. The number of halogens is 3. The van der Waals surface area contributed by atoms with Crippen LogP contribution < -0.4 is 5.32 Å². The molecule has 0 unspecified atom stereocenters. The average Bonchev–Trinajstić information content (AvgIpc) is 2.91. The van der Waals surface area contributed by atoms with Gasteiger partial charge < -0.3 is 10.2 Å². The molecule has 1 aromatic heterocycles. The fourth-order valence-corrected chi connectivity index (χ4v) is 3.31. The molecule has 0 spiro atoms. The van der Waals surface area contributed by atoms with Gasteiger partial charge in [0.05, 0.1) is 11.2 Å². The Kier molecular flexibility index (Phi) is 5.61.